The van der Waals surface area contributed by atoms with Crippen molar-refractivity contribution in [2.45, 2.75) is 6.18 Å². The number of benzene rings is 2. The Hall–Kier alpha value is -1.04. The summed E-state index contributed by atoms with van der Waals surface area (Å²) in [6, 6.07) is 7.55. The maximum Gasteiger partial charge on any atom is 0.417 e. The van der Waals surface area contributed by atoms with E-state index in [1.807, 2.05) is 0 Å². The van der Waals surface area contributed by atoms with E-state index < -0.39 is 23.1 Å². The highest BCUT2D eigenvalue weighted by Crippen LogP contribution is 2.36. The maximum absolute atomic E-state index is 13.1. The van der Waals surface area contributed by atoms with Crippen LogP contribution in [-0.2, 0) is 6.18 Å². The fourth-order valence-electron chi connectivity index (χ4n) is 1.77. The molecule has 2 aromatic carbocycles. The number of hydrogen-bond acceptors (Lipinski definition) is 1. The lowest BCUT2D eigenvalue weighted by Gasteiger charge is -2.13. The first kappa shape index (κ1) is 16.3. The molecule has 0 amide bonds. The molecule has 0 saturated heterocycles. The molecule has 2 aromatic rings. The van der Waals surface area contributed by atoms with Gasteiger partial charge in [-0.1, -0.05) is 45.2 Å². The fourth-order valence-corrected chi connectivity index (χ4v) is 2.52. The molecule has 0 bridgehead atoms. The zero-order valence-electron chi connectivity index (χ0n) is 10.1. The molecule has 0 aliphatic rings. The molecule has 0 aliphatic carbocycles. The lowest BCUT2D eigenvalue weighted by atomic mass is 9.98. The Morgan fingerprint density at radius 2 is 1.71 bits per heavy atom. The number of carbonyl (C=O) groups is 1. The van der Waals surface area contributed by atoms with Crippen LogP contribution in [0.1, 0.15) is 21.5 Å². The molecule has 21 heavy (non-hydrogen) atoms. The first-order valence-corrected chi connectivity index (χ1v) is 7.12. The highest BCUT2D eigenvalue weighted by atomic mass is 79.9. The van der Waals surface area contributed by atoms with Crippen molar-refractivity contribution < 1.29 is 18.0 Å². The molecule has 0 unspecified atom stereocenters. The van der Waals surface area contributed by atoms with Crippen molar-refractivity contribution in [2.75, 3.05) is 0 Å². The second-order valence-electron chi connectivity index (χ2n) is 4.12. The smallest absolute Gasteiger partial charge is 0.289 e. The van der Waals surface area contributed by atoms with Gasteiger partial charge in [-0.3, -0.25) is 4.79 Å². The van der Waals surface area contributed by atoms with Crippen molar-refractivity contribution in [2.24, 2.45) is 0 Å². The Labute approximate surface area is 136 Å². The molecular formula is C14H6BrCl2F3O. The van der Waals surface area contributed by atoms with Crippen LogP contribution in [0.3, 0.4) is 0 Å². The summed E-state index contributed by atoms with van der Waals surface area (Å²) in [5.74, 6) is -0.831. The zero-order valence-corrected chi connectivity index (χ0v) is 13.2. The number of carbonyl (C=O) groups excluding carboxylic acids is 1. The third-order valence-electron chi connectivity index (χ3n) is 2.73. The Morgan fingerprint density at radius 3 is 2.33 bits per heavy atom. The van der Waals surface area contributed by atoms with Crippen LogP contribution < -0.4 is 0 Å². The molecule has 0 saturated carbocycles. The number of alkyl halides is 3. The van der Waals surface area contributed by atoms with Gasteiger partial charge in [0, 0.05) is 15.6 Å². The Balaban J connectivity index is 2.62. The molecule has 7 heteroatoms. The molecule has 0 radical (unpaired) electrons. The van der Waals surface area contributed by atoms with E-state index in [1.165, 1.54) is 24.3 Å². The number of ketones is 1. The highest BCUT2D eigenvalue weighted by Gasteiger charge is 2.36. The van der Waals surface area contributed by atoms with Gasteiger partial charge >= 0.3 is 6.18 Å². The summed E-state index contributed by atoms with van der Waals surface area (Å²) in [5.41, 5.74) is -1.58. The first-order valence-electron chi connectivity index (χ1n) is 5.57. The van der Waals surface area contributed by atoms with E-state index >= 15 is 0 Å². The average molecular weight is 398 g/mol. The topological polar surface area (TPSA) is 17.1 Å². The predicted molar refractivity (Wildman–Crippen MR) is 79.0 cm³/mol. The average Bonchev–Trinajstić information content (AvgIpc) is 2.40. The van der Waals surface area contributed by atoms with Crippen LogP contribution in [0.25, 0.3) is 0 Å². The molecule has 0 aliphatic heterocycles. The van der Waals surface area contributed by atoms with Crippen LogP contribution in [0.5, 0.6) is 0 Å². The molecule has 0 heterocycles. The summed E-state index contributed by atoms with van der Waals surface area (Å²) in [6.45, 7) is 0. The van der Waals surface area contributed by atoms with Gasteiger partial charge in [0.05, 0.1) is 15.6 Å². The third kappa shape index (κ3) is 3.42. The number of halogens is 6. The monoisotopic (exact) mass is 396 g/mol. The van der Waals surface area contributed by atoms with Crippen LogP contribution in [0.15, 0.2) is 40.9 Å². The molecule has 0 aromatic heterocycles. The van der Waals surface area contributed by atoms with Gasteiger partial charge in [0.25, 0.3) is 0 Å². The maximum atomic E-state index is 13.1. The van der Waals surface area contributed by atoms with E-state index in [0.717, 1.165) is 12.1 Å². The molecule has 110 valence electrons. The molecule has 0 atom stereocenters. The van der Waals surface area contributed by atoms with Crippen LogP contribution in [0, 0.1) is 0 Å². The fraction of sp³-hybridized carbons (Fsp3) is 0.0714. The quantitative estimate of drug-likeness (QED) is 0.567. The van der Waals surface area contributed by atoms with Crippen LogP contribution in [0.2, 0.25) is 10.0 Å². The second kappa shape index (κ2) is 5.99. The SMILES string of the molecule is O=C(c1ccc(Br)cc1C(F)(F)F)c1cccc(Cl)c1Cl. The number of rotatable bonds is 2. The van der Waals surface area contributed by atoms with Crippen molar-refractivity contribution in [3.05, 3.63) is 67.6 Å². The zero-order chi connectivity index (χ0) is 15.8. The van der Waals surface area contributed by atoms with Gasteiger partial charge in [-0.25, -0.2) is 0 Å². The van der Waals surface area contributed by atoms with E-state index in [2.05, 4.69) is 15.9 Å². The van der Waals surface area contributed by atoms with Crippen molar-refractivity contribution in [3.63, 3.8) is 0 Å². The van der Waals surface area contributed by atoms with Gasteiger partial charge in [-0.05, 0) is 30.3 Å². The normalized spacial score (nSPS) is 11.5. The molecule has 0 spiro atoms. The summed E-state index contributed by atoms with van der Waals surface area (Å²) < 4.78 is 39.4. The Kier molecular flexibility index (Phi) is 4.66. The summed E-state index contributed by atoms with van der Waals surface area (Å²) in [6.07, 6.45) is -4.65. The standard InChI is InChI=1S/C14H6BrCl2F3O/c15-7-4-5-8(10(6-7)14(18,19)20)13(21)9-2-1-3-11(16)12(9)17/h1-6H. The van der Waals surface area contributed by atoms with E-state index in [-0.39, 0.29) is 20.1 Å². The lowest BCUT2D eigenvalue weighted by Crippen LogP contribution is -2.14. The minimum Gasteiger partial charge on any atom is -0.289 e. The molecule has 1 nitrogen and oxygen atoms in total. The minimum atomic E-state index is -4.65. The second-order valence-corrected chi connectivity index (χ2v) is 5.82. The van der Waals surface area contributed by atoms with E-state index in [0.29, 0.717) is 0 Å². The third-order valence-corrected chi connectivity index (χ3v) is 4.04. The largest absolute Gasteiger partial charge is 0.417 e. The van der Waals surface area contributed by atoms with Crippen molar-refractivity contribution >= 4 is 44.9 Å². The highest BCUT2D eigenvalue weighted by molar-refractivity contribution is 9.10. The predicted octanol–water partition coefficient (Wildman–Crippen LogP) is 6.01. The van der Waals surface area contributed by atoms with Gasteiger partial charge in [-0.2, -0.15) is 13.2 Å². The summed E-state index contributed by atoms with van der Waals surface area (Å²) in [5, 5.41) is 0.0356. The Morgan fingerprint density at radius 1 is 1.05 bits per heavy atom. The van der Waals surface area contributed by atoms with E-state index in [4.69, 9.17) is 23.2 Å². The summed E-state index contributed by atoms with van der Waals surface area (Å²) >= 11 is 14.6. The molecular weight excluding hydrogens is 392 g/mol. The van der Waals surface area contributed by atoms with E-state index in [1.54, 1.807) is 0 Å². The summed E-state index contributed by atoms with van der Waals surface area (Å²) in [7, 11) is 0. The van der Waals surface area contributed by atoms with Gasteiger partial charge in [0.1, 0.15) is 0 Å². The summed E-state index contributed by atoms with van der Waals surface area (Å²) in [4.78, 5) is 12.3. The van der Waals surface area contributed by atoms with Gasteiger partial charge in [-0.15, -0.1) is 0 Å². The van der Waals surface area contributed by atoms with E-state index in [9.17, 15) is 18.0 Å². The van der Waals surface area contributed by atoms with Crippen LogP contribution in [-0.4, -0.2) is 5.78 Å². The van der Waals surface area contributed by atoms with Crippen molar-refractivity contribution in [1.82, 2.24) is 0 Å². The van der Waals surface area contributed by atoms with Crippen LogP contribution in [0.4, 0.5) is 13.2 Å². The molecule has 0 N–H and O–H groups in total. The lowest BCUT2D eigenvalue weighted by molar-refractivity contribution is -0.137. The number of hydrogen-bond donors (Lipinski definition) is 0. The first-order chi connectivity index (χ1) is 9.71. The van der Waals surface area contributed by atoms with Gasteiger partial charge in [0.15, 0.2) is 5.78 Å². The van der Waals surface area contributed by atoms with Crippen molar-refractivity contribution in [1.29, 1.82) is 0 Å². The van der Waals surface area contributed by atoms with Crippen LogP contribution >= 0.6 is 39.1 Å². The van der Waals surface area contributed by atoms with Gasteiger partial charge < -0.3 is 0 Å². The van der Waals surface area contributed by atoms with Gasteiger partial charge in [0.2, 0.25) is 0 Å². The Bertz CT molecular complexity index is 714. The van der Waals surface area contributed by atoms with Crippen molar-refractivity contribution in [3.8, 4) is 0 Å². The molecule has 0 fully saturated rings. The molecule has 2 rings (SSSR count). The minimum absolute atomic E-state index is 0.0693.